The van der Waals surface area contributed by atoms with Crippen LogP contribution in [-0.4, -0.2) is 94.7 Å². The Balaban J connectivity index is 1.78. The number of amides is 3. The number of likely N-dealkylation sites (tertiary alicyclic amines) is 1. The van der Waals surface area contributed by atoms with E-state index >= 15 is 0 Å². The van der Waals surface area contributed by atoms with Gasteiger partial charge in [0.15, 0.2) is 0 Å². The number of allylic oxidation sites excluding steroid dienone is 1. The number of halogens is 1. The zero-order chi connectivity index (χ0) is 26.2. The van der Waals surface area contributed by atoms with E-state index in [0.29, 0.717) is 23.9 Å². The van der Waals surface area contributed by atoms with E-state index in [-0.39, 0.29) is 49.9 Å². The summed E-state index contributed by atoms with van der Waals surface area (Å²) >= 11 is 3.50. The molecule has 1 spiro atoms. The van der Waals surface area contributed by atoms with E-state index in [9.17, 15) is 24.3 Å². The van der Waals surface area contributed by atoms with E-state index < -0.39 is 41.7 Å². The number of fused-ring (bicyclic) bond motifs is 2. The van der Waals surface area contributed by atoms with E-state index in [1.165, 1.54) is 4.90 Å². The molecule has 4 aliphatic heterocycles. The lowest BCUT2D eigenvalue weighted by atomic mass is 9.74. The third-order valence-corrected chi connectivity index (χ3v) is 7.99. The first-order chi connectivity index (χ1) is 17.1. The second-order valence-electron chi connectivity index (χ2n) is 10.1. The summed E-state index contributed by atoms with van der Waals surface area (Å²) in [5.74, 6) is -3.27. The van der Waals surface area contributed by atoms with Crippen LogP contribution in [0.1, 0.15) is 40.0 Å². The van der Waals surface area contributed by atoms with Gasteiger partial charge >= 0.3 is 5.97 Å². The summed E-state index contributed by atoms with van der Waals surface area (Å²) in [7, 11) is 0. The highest BCUT2D eigenvalue weighted by Gasteiger charge is 2.74. The van der Waals surface area contributed by atoms with Crippen molar-refractivity contribution in [2.45, 2.75) is 69.9 Å². The Morgan fingerprint density at radius 2 is 1.97 bits per heavy atom. The van der Waals surface area contributed by atoms with Crippen LogP contribution >= 0.6 is 15.9 Å². The van der Waals surface area contributed by atoms with Gasteiger partial charge in [0.2, 0.25) is 17.7 Å². The molecule has 0 aromatic heterocycles. The second-order valence-corrected chi connectivity index (χ2v) is 11.0. The molecule has 3 amide bonds. The van der Waals surface area contributed by atoms with Gasteiger partial charge in [-0.2, -0.15) is 0 Å². The Bertz CT molecular complexity index is 983. The molecular formula is C25H34BrN3O7. The van der Waals surface area contributed by atoms with Gasteiger partial charge < -0.3 is 29.7 Å². The van der Waals surface area contributed by atoms with Gasteiger partial charge in [-0.3, -0.25) is 19.2 Å². The highest BCUT2D eigenvalue weighted by Crippen LogP contribution is 2.58. The highest BCUT2D eigenvalue weighted by atomic mass is 79.9. The zero-order valence-electron chi connectivity index (χ0n) is 20.8. The molecular weight excluding hydrogens is 534 g/mol. The van der Waals surface area contributed by atoms with Gasteiger partial charge in [-0.25, -0.2) is 0 Å². The lowest BCUT2D eigenvalue weighted by Crippen LogP contribution is -2.57. The minimum Gasteiger partial charge on any atom is -0.460 e. The maximum atomic E-state index is 14.1. The number of ether oxygens (including phenoxy) is 2. The first-order valence-corrected chi connectivity index (χ1v) is 13.3. The molecule has 0 saturated carbocycles. The number of hydrogen-bond acceptors (Lipinski definition) is 7. The van der Waals surface area contributed by atoms with Crippen LogP contribution in [-0.2, 0) is 28.7 Å². The van der Waals surface area contributed by atoms with Gasteiger partial charge in [0, 0.05) is 36.6 Å². The minimum absolute atomic E-state index is 0.142. The fourth-order valence-corrected chi connectivity index (χ4v) is 6.38. The van der Waals surface area contributed by atoms with Gasteiger partial charge in [-0.1, -0.05) is 28.1 Å². The summed E-state index contributed by atoms with van der Waals surface area (Å²) in [4.78, 5) is 56.6. The molecule has 11 heteroatoms. The zero-order valence-corrected chi connectivity index (χ0v) is 22.4. The number of nitrogens with one attached hydrogen (secondary N) is 1. The molecule has 4 heterocycles. The molecule has 0 aromatic carbocycles. The van der Waals surface area contributed by atoms with Crippen molar-refractivity contribution in [2.75, 3.05) is 26.2 Å². The number of nitrogens with zero attached hydrogens (tertiary/aromatic N) is 2. The van der Waals surface area contributed by atoms with Crippen molar-refractivity contribution in [3.63, 3.8) is 0 Å². The van der Waals surface area contributed by atoms with Crippen LogP contribution in [0.15, 0.2) is 22.7 Å². The summed E-state index contributed by atoms with van der Waals surface area (Å²) in [5, 5.41) is 12.2. The Kier molecular flexibility index (Phi) is 7.92. The number of carbonyl (C=O) groups is 4. The van der Waals surface area contributed by atoms with E-state index in [1.807, 2.05) is 26.0 Å². The summed E-state index contributed by atoms with van der Waals surface area (Å²) in [6.45, 7) is 5.94. The summed E-state index contributed by atoms with van der Waals surface area (Å²) in [5.41, 5.74) is -1.32. The summed E-state index contributed by atoms with van der Waals surface area (Å²) in [6, 6.07) is -1.16. The van der Waals surface area contributed by atoms with Gasteiger partial charge in [-0.05, 0) is 39.7 Å². The van der Waals surface area contributed by atoms with Crippen molar-refractivity contribution in [3.05, 3.63) is 22.7 Å². The summed E-state index contributed by atoms with van der Waals surface area (Å²) < 4.78 is 12.6. The van der Waals surface area contributed by atoms with Crippen molar-refractivity contribution < 1.29 is 33.8 Å². The molecule has 10 nitrogen and oxygen atoms in total. The van der Waals surface area contributed by atoms with E-state index in [4.69, 9.17) is 9.47 Å². The number of cyclic esters (lactones) is 1. The summed E-state index contributed by atoms with van der Waals surface area (Å²) in [6.07, 6.45) is 5.19. The van der Waals surface area contributed by atoms with Crippen LogP contribution in [0.5, 0.6) is 0 Å². The lowest BCUT2D eigenvalue weighted by Gasteiger charge is -2.37. The third kappa shape index (κ3) is 4.61. The first kappa shape index (κ1) is 26.8. The van der Waals surface area contributed by atoms with Crippen LogP contribution in [0.2, 0.25) is 0 Å². The smallest absolute Gasteiger partial charge is 0.313 e. The second kappa shape index (κ2) is 10.6. The average molecular weight is 568 g/mol. The van der Waals surface area contributed by atoms with Gasteiger partial charge in [0.05, 0.1) is 12.5 Å². The van der Waals surface area contributed by atoms with Crippen LogP contribution in [0.25, 0.3) is 0 Å². The molecule has 0 aliphatic carbocycles. The number of aliphatic hydroxyl groups excluding tert-OH is 1. The van der Waals surface area contributed by atoms with Crippen molar-refractivity contribution >= 4 is 39.6 Å². The van der Waals surface area contributed by atoms with Crippen LogP contribution in [0, 0.1) is 11.8 Å². The Labute approximate surface area is 219 Å². The van der Waals surface area contributed by atoms with Crippen molar-refractivity contribution in [2.24, 2.45) is 11.8 Å². The molecule has 6 atom stereocenters. The number of carbonyl (C=O) groups excluding carboxylic acids is 4. The third-order valence-electron chi connectivity index (χ3n) is 7.31. The molecule has 2 N–H and O–H groups in total. The molecule has 198 valence electrons. The number of rotatable bonds is 4. The van der Waals surface area contributed by atoms with Gasteiger partial charge in [0.1, 0.15) is 29.8 Å². The molecule has 36 heavy (non-hydrogen) atoms. The van der Waals surface area contributed by atoms with E-state index in [0.717, 1.165) is 0 Å². The Hall–Kier alpha value is -2.24. The fraction of sp³-hybridized carbons (Fsp3) is 0.680. The average Bonchev–Trinajstić information content (AvgIpc) is 3.40. The molecule has 2 fully saturated rings. The standard InChI is InChI=1S/C25H34BrN3O7/c1-14(2)28-9-6-4-5-8-17(31)27-13-15(3)35-24(34)18-19-22(32)29(10-7-11-30)21(23(28)33)25(19)12-16(26)20(18)36-25/h4,6,12,14-15,18-21,30H,5,7-11,13H2,1-3H3,(H,27,31)/b6-4-/t15-,18+,19-,20+,21+,25-/m0/s1. The molecule has 0 aromatic rings. The van der Waals surface area contributed by atoms with Crippen molar-refractivity contribution in [1.29, 1.82) is 0 Å². The van der Waals surface area contributed by atoms with Crippen LogP contribution in [0.3, 0.4) is 0 Å². The molecule has 2 saturated heterocycles. The normalized spacial score (nSPS) is 36.2. The van der Waals surface area contributed by atoms with Crippen molar-refractivity contribution in [3.8, 4) is 0 Å². The largest absolute Gasteiger partial charge is 0.460 e. The number of hydrogen-bond donors (Lipinski definition) is 2. The molecule has 4 aliphatic rings. The SMILES string of the molecule is CC(C)N1C/C=C\CCC(=O)NC[C@H](C)OC(=O)[C@H]2[C@@H]3O[C@@]4(C=C3Br)[C@@H]2C(=O)N(CCCO)[C@@H]4C1=O. The van der Waals surface area contributed by atoms with Crippen LogP contribution in [0.4, 0.5) is 0 Å². The van der Waals surface area contributed by atoms with Gasteiger partial charge in [0.25, 0.3) is 0 Å². The quantitative estimate of drug-likeness (QED) is 0.381. The maximum absolute atomic E-state index is 14.1. The predicted molar refractivity (Wildman–Crippen MR) is 133 cm³/mol. The Morgan fingerprint density at radius 1 is 1.22 bits per heavy atom. The van der Waals surface area contributed by atoms with E-state index in [2.05, 4.69) is 21.2 Å². The lowest BCUT2D eigenvalue weighted by molar-refractivity contribution is -0.158. The molecule has 0 radical (unpaired) electrons. The topological polar surface area (TPSA) is 125 Å². The monoisotopic (exact) mass is 567 g/mol. The van der Waals surface area contributed by atoms with E-state index in [1.54, 1.807) is 17.9 Å². The number of esters is 1. The first-order valence-electron chi connectivity index (χ1n) is 12.5. The molecule has 5 bridgehead atoms. The number of aliphatic hydroxyl groups is 1. The van der Waals surface area contributed by atoms with Crippen molar-refractivity contribution in [1.82, 2.24) is 15.1 Å². The van der Waals surface area contributed by atoms with Crippen LogP contribution < -0.4 is 5.32 Å². The molecule has 4 rings (SSSR count). The maximum Gasteiger partial charge on any atom is 0.313 e. The highest BCUT2D eigenvalue weighted by molar-refractivity contribution is 9.11. The fourth-order valence-electron chi connectivity index (χ4n) is 5.64. The predicted octanol–water partition coefficient (Wildman–Crippen LogP) is 0.877. The van der Waals surface area contributed by atoms with Gasteiger partial charge in [-0.15, -0.1) is 0 Å². The minimum atomic E-state index is -1.32. The molecule has 0 unspecified atom stereocenters. The Morgan fingerprint density at radius 3 is 2.67 bits per heavy atom.